The van der Waals surface area contributed by atoms with E-state index < -0.39 is 6.10 Å². The molecule has 30 heavy (non-hydrogen) atoms. The van der Waals surface area contributed by atoms with E-state index in [9.17, 15) is 5.11 Å². The largest absolute Gasteiger partial charge is 0.382 e. The van der Waals surface area contributed by atoms with Gasteiger partial charge in [0.15, 0.2) is 0 Å². The average Bonchev–Trinajstić information content (AvgIpc) is 2.79. The fourth-order valence-electron chi connectivity index (χ4n) is 6.09. The highest BCUT2D eigenvalue weighted by atomic mass is 16.3. The zero-order valence-corrected chi connectivity index (χ0v) is 17.7. The standard InChI is InChI=1S/C27H31N2O/c1-3-20-17-29(18-22-9-5-4-8-19(22)2)15-13-21(20)16-26(29)27(30)24-12-14-28-25-11-7-6-10-23(24)25/h3-12,14,20-21,26-27,30H,1,13,15-18H2,2H3/q+1/t20-,21-,26+,27+,29?/m0/s1. The van der Waals surface area contributed by atoms with Crippen molar-refractivity contribution in [2.45, 2.75) is 38.5 Å². The van der Waals surface area contributed by atoms with Crippen molar-refractivity contribution in [3.05, 3.63) is 90.1 Å². The molecule has 0 amide bonds. The van der Waals surface area contributed by atoms with E-state index >= 15 is 0 Å². The van der Waals surface area contributed by atoms with Crippen molar-refractivity contribution in [3.63, 3.8) is 0 Å². The molecular weight excluding hydrogens is 368 g/mol. The van der Waals surface area contributed by atoms with Gasteiger partial charge in [0.05, 0.1) is 18.6 Å². The van der Waals surface area contributed by atoms with Crippen LogP contribution in [0.3, 0.4) is 0 Å². The molecule has 1 N–H and O–H groups in total. The minimum atomic E-state index is -0.490. The number of para-hydroxylation sites is 1. The van der Waals surface area contributed by atoms with E-state index in [1.807, 2.05) is 30.5 Å². The first-order chi connectivity index (χ1) is 14.6. The maximum Gasteiger partial charge on any atom is 0.131 e. The van der Waals surface area contributed by atoms with Crippen molar-refractivity contribution >= 4 is 10.9 Å². The molecule has 2 bridgehead atoms. The predicted octanol–water partition coefficient (Wildman–Crippen LogP) is 5.19. The maximum atomic E-state index is 11.8. The number of piperidine rings is 3. The molecule has 0 saturated carbocycles. The van der Waals surface area contributed by atoms with Crippen molar-refractivity contribution in [3.8, 4) is 0 Å². The number of rotatable bonds is 5. The Morgan fingerprint density at radius 3 is 2.80 bits per heavy atom. The van der Waals surface area contributed by atoms with Crippen molar-refractivity contribution in [2.24, 2.45) is 11.8 Å². The first-order valence-corrected chi connectivity index (χ1v) is 11.2. The van der Waals surface area contributed by atoms with Crippen LogP contribution >= 0.6 is 0 Å². The second-order valence-electron chi connectivity index (χ2n) is 9.32. The molecule has 3 aliphatic rings. The van der Waals surface area contributed by atoms with E-state index in [4.69, 9.17) is 0 Å². The lowest BCUT2D eigenvalue weighted by Gasteiger charge is -2.58. The Bertz CT molecular complexity index is 1070. The van der Waals surface area contributed by atoms with Crippen LogP contribution in [0.5, 0.6) is 0 Å². The molecule has 154 valence electrons. The molecule has 3 fully saturated rings. The topological polar surface area (TPSA) is 33.1 Å². The Kier molecular flexibility index (Phi) is 4.96. The highest BCUT2D eigenvalue weighted by Gasteiger charge is 2.54. The summed E-state index contributed by atoms with van der Waals surface area (Å²) in [6.45, 7) is 9.54. The van der Waals surface area contributed by atoms with E-state index in [-0.39, 0.29) is 6.04 Å². The van der Waals surface area contributed by atoms with Gasteiger partial charge < -0.3 is 9.59 Å². The molecule has 0 radical (unpaired) electrons. The van der Waals surface area contributed by atoms with E-state index in [1.165, 1.54) is 17.5 Å². The Hall–Kier alpha value is -2.49. The van der Waals surface area contributed by atoms with Crippen LogP contribution in [0, 0.1) is 18.8 Å². The molecule has 3 aromatic rings. The van der Waals surface area contributed by atoms with Gasteiger partial charge in [0.2, 0.25) is 0 Å². The van der Waals surface area contributed by atoms with Crippen LogP contribution in [0.15, 0.2) is 73.4 Å². The third kappa shape index (κ3) is 3.17. The van der Waals surface area contributed by atoms with Gasteiger partial charge in [-0.3, -0.25) is 4.98 Å². The molecule has 3 saturated heterocycles. The second-order valence-corrected chi connectivity index (χ2v) is 9.32. The van der Waals surface area contributed by atoms with Crippen molar-refractivity contribution in [1.82, 2.24) is 4.98 Å². The van der Waals surface area contributed by atoms with Crippen molar-refractivity contribution in [2.75, 3.05) is 13.1 Å². The van der Waals surface area contributed by atoms with Crippen LogP contribution in [0.25, 0.3) is 10.9 Å². The number of aromatic nitrogens is 1. The van der Waals surface area contributed by atoms with Gasteiger partial charge in [0.1, 0.15) is 18.7 Å². The fraction of sp³-hybridized carbons (Fsp3) is 0.370. The Labute approximate surface area is 179 Å². The number of aliphatic hydroxyl groups is 1. The van der Waals surface area contributed by atoms with Gasteiger partial charge in [-0.1, -0.05) is 48.5 Å². The summed E-state index contributed by atoms with van der Waals surface area (Å²) < 4.78 is 0.954. The zero-order valence-electron chi connectivity index (χ0n) is 17.7. The molecule has 1 unspecified atom stereocenters. The van der Waals surface area contributed by atoms with Crippen molar-refractivity contribution < 1.29 is 9.59 Å². The molecule has 6 rings (SSSR count). The summed E-state index contributed by atoms with van der Waals surface area (Å²) in [6, 6.07) is 19.1. The summed E-state index contributed by atoms with van der Waals surface area (Å²) in [4.78, 5) is 4.51. The average molecular weight is 400 g/mol. The highest BCUT2D eigenvalue weighted by molar-refractivity contribution is 5.82. The molecular formula is C27H31N2O+. The molecule has 5 atom stereocenters. The minimum Gasteiger partial charge on any atom is -0.382 e. The lowest BCUT2D eigenvalue weighted by Crippen LogP contribution is -2.67. The number of nitrogens with zero attached hydrogens (tertiary/aromatic N) is 2. The SMILES string of the molecule is C=C[C@H]1C[N+]2(Cc3ccccc3C)CC[C@H]1C[C@@H]2[C@H](O)c1ccnc2ccccc12. The number of benzene rings is 2. The fourth-order valence-corrected chi connectivity index (χ4v) is 6.09. The van der Waals surface area contributed by atoms with Crippen LogP contribution in [0.1, 0.15) is 35.6 Å². The monoisotopic (exact) mass is 399 g/mol. The summed E-state index contributed by atoms with van der Waals surface area (Å²) in [6.07, 6.45) is 5.80. The smallest absolute Gasteiger partial charge is 0.131 e. The molecule has 1 aromatic heterocycles. The molecule has 3 nitrogen and oxygen atoms in total. The third-order valence-corrected chi connectivity index (χ3v) is 7.79. The van der Waals surface area contributed by atoms with E-state index in [0.717, 1.165) is 47.0 Å². The molecule has 0 spiro atoms. The quantitative estimate of drug-likeness (QED) is 0.473. The number of fused-ring (bicyclic) bond motifs is 4. The van der Waals surface area contributed by atoms with E-state index in [0.29, 0.717) is 11.8 Å². The number of aliphatic hydroxyl groups excluding tert-OH is 1. The summed E-state index contributed by atoms with van der Waals surface area (Å²) in [5.74, 6) is 1.17. The number of aryl methyl sites for hydroxylation is 1. The Balaban J connectivity index is 1.57. The van der Waals surface area contributed by atoms with Crippen LogP contribution in [0.2, 0.25) is 0 Å². The molecule has 0 aliphatic carbocycles. The van der Waals surface area contributed by atoms with Gasteiger partial charge in [-0.15, -0.1) is 6.58 Å². The first-order valence-electron chi connectivity index (χ1n) is 11.2. The lowest BCUT2D eigenvalue weighted by molar-refractivity contribution is -0.985. The molecule has 3 aliphatic heterocycles. The Morgan fingerprint density at radius 1 is 1.17 bits per heavy atom. The number of hydrogen-bond acceptors (Lipinski definition) is 2. The first kappa shape index (κ1) is 19.5. The molecule has 2 aromatic carbocycles. The summed E-state index contributed by atoms with van der Waals surface area (Å²) in [5, 5.41) is 12.8. The minimum absolute atomic E-state index is 0.199. The van der Waals surface area contributed by atoms with Gasteiger partial charge in [0.25, 0.3) is 0 Å². The molecule has 3 heteroatoms. The Morgan fingerprint density at radius 2 is 1.97 bits per heavy atom. The lowest BCUT2D eigenvalue weighted by atomic mass is 9.71. The normalized spacial score (nSPS) is 29.1. The van der Waals surface area contributed by atoms with Crippen molar-refractivity contribution in [1.29, 1.82) is 0 Å². The van der Waals surface area contributed by atoms with E-state index in [2.05, 4.69) is 54.9 Å². The van der Waals surface area contributed by atoms with Gasteiger partial charge in [-0.2, -0.15) is 0 Å². The summed E-state index contributed by atoms with van der Waals surface area (Å²) in [5.41, 5.74) is 4.72. The van der Waals surface area contributed by atoms with Gasteiger partial charge in [-0.25, -0.2) is 0 Å². The maximum absolute atomic E-state index is 11.8. The van der Waals surface area contributed by atoms with Crippen LogP contribution in [-0.2, 0) is 6.54 Å². The summed E-state index contributed by atoms with van der Waals surface area (Å²) >= 11 is 0. The third-order valence-electron chi connectivity index (χ3n) is 7.79. The number of pyridine rings is 1. The predicted molar refractivity (Wildman–Crippen MR) is 122 cm³/mol. The van der Waals surface area contributed by atoms with Crippen LogP contribution in [0.4, 0.5) is 0 Å². The van der Waals surface area contributed by atoms with Crippen LogP contribution in [-0.4, -0.2) is 33.7 Å². The van der Waals surface area contributed by atoms with Gasteiger partial charge in [0, 0.05) is 35.9 Å². The van der Waals surface area contributed by atoms with E-state index in [1.54, 1.807) is 0 Å². The zero-order chi connectivity index (χ0) is 20.7. The van der Waals surface area contributed by atoms with Gasteiger partial charge >= 0.3 is 0 Å². The second kappa shape index (κ2) is 7.64. The molecule has 4 heterocycles. The van der Waals surface area contributed by atoms with Crippen LogP contribution < -0.4 is 0 Å². The summed E-state index contributed by atoms with van der Waals surface area (Å²) in [7, 11) is 0. The van der Waals surface area contributed by atoms with Gasteiger partial charge in [-0.05, 0) is 36.1 Å². The number of quaternary nitrogens is 1. The highest BCUT2D eigenvalue weighted by Crippen LogP contribution is 2.48. The number of hydrogen-bond donors (Lipinski definition) is 1.